The van der Waals surface area contributed by atoms with Crippen LogP contribution < -0.4 is 20.7 Å². The van der Waals surface area contributed by atoms with Crippen LogP contribution in [0.3, 0.4) is 0 Å². The van der Waals surface area contributed by atoms with Gasteiger partial charge in [0.15, 0.2) is 0 Å². The molecule has 284 valence electrons. The zero-order valence-corrected chi connectivity index (χ0v) is 34.6. The molecule has 9 nitrogen and oxygen atoms in total. The highest BCUT2D eigenvalue weighted by atomic mass is 31.2. The van der Waals surface area contributed by atoms with Crippen LogP contribution in [-0.4, -0.2) is 72.1 Å². The lowest BCUT2D eigenvalue weighted by Gasteiger charge is -2.45. The maximum atomic E-state index is 14.3. The van der Waals surface area contributed by atoms with Crippen LogP contribution in [0.1, 0.15) is 48.0 Å². The van der Waals surface area contributed by atoms with Gasteiger partial charge in [-0.3, -0.25) is 13.6 Å². The standard InChI is InChI=1S/C41H54NO8PSi2/c1-40(2,3)52(36-20-11-7-12-21-36,37-22-13-8-14-23-37)49-34(30-43)32-47-51(45,46-29-19-28-42)48-33-35(31-44)50-53(41(4,5)6,38-24-15-9-16-25-38)39-26-17-10-18-27-39/h7-18,20-27,34-35,43-44H,19,29-33H2,1-6H3/t34-,35-/m0/s1. The van der Waals surface area contributed by atoms with E-state index in [4.69, 9.17) is 22.4 Å². The second kappa shape index (κ2) is 18.9. The number of rotatable bonds is 19. The summed E-state index contributed by atoms with van der Waals surface area (Å²) in [7, 11) is -10.6. The molecule has 12 heteroatoms. The van der Waals surface area contributed by atoms with Crippen LogP contribution in [0, 0.1) is 11.3 Å². The van der Waals surface area contributed by atoms with Gasteiger partial charge < -0.3 is 19.1 Å². The van der Waals surface area contributed by atoms with Crippen LogP contribution in [0.4, 0.5) is 0 Å². The van der Waals surface area contributed by atoms with E-state index < -0.39 is 49.9 Å². The van der Waals surface area contributed by atoms with Gasteiger partial charge in [0.25, 0.3) is 16.6 Å². The molecular weight excluding hydrogens is 722 g/mol. The Labute approximate surface area is 317 Å². The molecule has 2 atom stereocenters. The molecule has 0 aromatic heterocycles. The molecule has 0 aliphatic carbocycles. The molecule has 0 amide bonds. The molecular formula is C41H54NO8PSi2. The summed E-state index contributed by atoms with van der Waals surface area (Å²) < 4.78 is 45.8. The van der Waals surface area contributed by atoms with E-state index in [-0.39, 0.29) is 36.3 Å². The minimum Gasteiger partial charge on any atom is -0.400 e. The number of benzene rings is 4. The maximum absolute atomic E-state index is 14.3. The molecule has 53 heavy (non-hydrogen) atoms. The summed E-state index contributed by atoms with van der Waals surface area (Å²) in [5.74, 6) is 0. The SMILES string of the molecule is CC(C)(C)[Si](O[C@@H](CO)COP(=O)(OCCC#N)OC[C@H](CO)O[Si](c1ccccc1)(c1ccccc1)C(C)(C)C)(c1ccccc1)c1ccccc1. The van der Waals surface area contributed by atoms with Gasteiger partial charge in [-0.15, -0.1) is 0 Å². The highest BCUT2D eigenvalue weighted by molar-refractivity contribution is 7.48. The minimum absolute atomic E-state index is 0.0549. The highest BCUT2D eigenvalue weighted by Crippen LogP contribution is 2.50. The second-order valence-corrected chi connectivity index (χ2v) is 25.1. The van der Waals surface area contributed by atoms with E-state index in [9.17, 15) is 20.0 Å². The lowest BCUT2D eigenvalue weighted by atomic mass is 10.2. The number of phosphoric acid groups is 1. The molecule has 0 fully saturated rings. The van der Waals surface area contributed by atoms with Crippen LogP contribution in [0.2, 0.25) is 10.1 Å². The van der Waals surface area contributed by atoms with Crippen molar-refractivity contribution < 1.29 is 37.2 Å². The van der Waals surface area contributed by atoms with Crippen molar-refractivity contribution in [1.82, 2.24) is 0 Å². The zero-order valence-electron chi connectivity index (χ0n) is 31.7. The fourth-order valence-corrected chi connectivity index (χ4v) is 17.3. The topological polar surface area (TPSA) is 127 Å². The Balaban J connectivity index is 1.63. The molecule has 0 bridgehead atoms. The Kier molecular flexibility index (Phi) is 15.1. The average Bonchev–Trinajstić information content (AvgIpc) is 3.16. The maximum Gasteiger partial charge on any atom is 0.474 e. The van der Waals surface area contributed by atoms with Gasteiger partial charge in [0.2, 0.25) is 0 Å². The van der Waals surface area contributed by atoms with Gasteiger partial charge in [-0.2, -0.15) is 5.26 Å². The van der Waals surface area contributed by atoms with E-state index in [0.29, 0.717) is 0 Å². The molecule has 0 saturated carbocycles. The first kappa shape index (κ1) is 42.5. The number of aliphatic hydroxyl groups excluding tert-OH is 2. The van der Waals surface area contributed by atoms with Crippen molar-refractivity contribution in [2.75, 3.05) is 33.0 Å². The fraction of sp³-hybridized carbons (Fsp3) is 0.390. The first-order valence-corrected chi connectivity index (χ1v) is 23.2. The highest BCUT2D eigenvalue weighted by Gasteiger charge is 2.53. The molecule has 2 N–H and O–H groups in total. The van der Waals surface area contributed by atoms with E-state index in [0.717, 1.165) is 20.7 Å². The molecule has 4 aromatic rings. The molecule has 0 radical (unpaired) electrons. The van der Waals surface area contributed by atoms with Crippen molar-refractivity contribution in [1.29, 1.82) is 5.26 Å². The van der Waals surface area contributed by atoms with Crippen LogP contribution in [0.5, 0.6) is 0 Å². The predicted octanol–water partition coefficient (Wildman–Crippen LogP) is 5.93. The van der Waals surface area contributed by atoms with Crippen LogP contribution >= 0.6 is 7.82 Å². The van der Waals surface area contributed by atoms with E-state index in [1.165, 1.54) is 0 Å². The smallest absolute Gasteiger partial charge is 0.400 e. The van der Waals surface area contributed by atoms with Crippen LogP contribution in [0.15, 0.2) is 121 Å². The minimum atomic E-state index is -4.39. The third kappa shape index (κ3) is 10.1. The Morgan fingerprint density at radius 1 is 0.585 bits per heavy atom. The number of hydrogen-bond donors (Lipinski definition) is 2. The second-order valence-electron chi connectivity index (χ2n) is 15.0. The quantitative estimate of drug-likeness (QED) is 0.0677. The summed E-state index contributed by atoms with van der Waals surface area (Å²) in [5.41, 5.74) is 0. The monoisotopic (exact) mass is 775 g/mol. The van der Waals surface area contributed by atoms with Crippen molar-refractivity contribution in [2.45, 2.75) is 70.2 Å². The molecule has 0 heterocycles. The van der Waals surface area contributed by atoms with Gasteiger partial charge in [-0.05, 0) is 30.8 Å². The largest absolute Gasteiger partial charge is 0.474 e. The van der Waals surface area contributed by atoms with Crippen LogP contribution in [-0.2, 0) is 27.0 Å². The third-order valence-corrected chi connectivity index (χ3v) is 20.8. The van der Waals surface area contributed by atoms with Crippen molar-refractivity contribution in [2.24, 2.45) is 0 Å². The van der Waals surface area contributed by atoms with Gasteiger partial charge in [-0.1, -0.05) is 163 Å². The van der Waals surface area contributed by atoms with Crippen molar-refractivity contribution in [3.8, 4) is 6.07 Å². The Hall–Kier alpha value is -3.25. The van der Waals surface area contributed by atoms with E-state index in [1.807, 2.05) is 127 Å². The fourth-order valence-electron chi connectivity index (χ4n) is 6.79. The third-order valence-electron chi connectivity index (χ3n) is 9.23. The molecule has 4 aromatic carbocycles. The Morgan fingerprint density at radius 3 is 1.13 bits per heavy atom. The lowest BCUT2D eigenvalue weighted by molar-refractivity contribution is 0.0172. The molecule has 4 rings (SSSR count). The zero-order chi connectivity index (χ0) is 38.6. The summed E-state index contributed by atoms with van der Waals surface area (Å²) in [6, 6.07) is 41.9. The molecule has 0 aliphatic heterocycles. The van der Waals surface area contributed by atoms with Gasteiger partial charge in [0.1, 0.15) is 0 Å². The van der Waals surface area contributed by atoms with E-state index >= 15 is 0 Å². The summed E-state index contributed by atoms with van der Waals surface area (Å²) >= 11 is 0. The van der Waals surface area contributed by atoms with E-state index in [1.54, 1.807) is 0 Å². The number of nitrogens with zero attached hydrogens (tertiary/aromatic N) is 1. The summed E-state index contributed by atoms with van der Waals surface area (Å²) in [4.78, 5) is 0. The molecule has 0 saturated heterocycles. The summed E-state index contributed by atoms with van der Waals surface area (Å²) in [6.07, 6.45) is -1.89. The van der Waals surface area contributed by atoms with E-state index in [2.05, 4.69) is 41.5 Å². The number of phosphoric ester groups is 1. The number of hydrogen-bond acceptors (Lipinski definition) is 9. The number of nitriles is 1. The van der Waals surface area contributed by atoms with Crippen molar-refractivity contribution in [3.05, 3.63) is 121 Å². The van der Waals surface area contributed by atoms with Gasteiger partial charge in [-0.25, -0.2) is 4.57 Å². The first-order chi connectivity index (χ1) is 25.3. The molecule has 0 spiro atoms. The summed E-state index contributed by atoms with van der Waals surface area (Å²) in [5, 5.41) is 33.9. The lowest BCUT2D eigenvalue weighted by Crippen LogP contribution is -2.68. The van der Waals surface area contributed by atoms with Crippen molar-refractivity contribution >= 4 is 45.2 Å². The van der Waals surface area contributed by atoms with Gasteiger partial charge >= 0.3 is 7.82 Å². The van der Waals surface area contributed by atoms with Crippen LogP contribution in [0.25, 0.3) is 0 Å². The van der Waals surface area contributed by atoms with Gasteiger partial charge in [0, 0.05) is 0 Å². The Morgan fingerprint density at radius 2 is 0.887 bits per heavy atom. The first-order valence-electron chi connectivity index (χ1n) is 18.0. The Bertz CT molecular complexity index is 1570. The average molecular weight is 776 g/mol. The van der Waals surface area contributed by atoms with Crippen molar-refractivity contribution in [3.63, 3.8) is 0 Å². The number of aliphatic hydroxyl groups is 2. The molecule has 0 unspecified atom stereocenters. The van der Waals surface area contributed by atoms with Gasteiger partial charge in [0.05, 0.1) is 57.7 Å². The normalized spacial score (nSPS) is 14.0. The predicted molar refractivity (Wildman–Crippen MR) is 215 cm³/mol. The summed E-state index contributed by atoms with van der Waals surface area (Å²) in [6.45, 7) is 11.0. The molecule has 0 aliphatic rings.